The molecule has 0 amide bonds. The Balaban J connectivity index is 1.64. The van der Waals surface area contributed by atoms with Gasteiger partial charge < -0.3 is 9.84 Å². The van der Waals surface area contributed by atoms with Crippen molar-refractivity contribution in [3.63, 3.8) is 0 Å². The number of benzene rings is 1. The van der Waals surface area contributed by atoms with E-state index in [0.29, 0.717) is 19.7 Å². The van der Waals surface area contributed by atoms with Gasteiger partial charge in [-0.25, -0.2) is 0 Å². The second kappa shape index (κ2) is 6.04. The molecule has 1 heterocycles. The van der Waals surface area contributed by atoms with Crippen LogP contribution in [0.25, 0.3) is 0 Å². The van der Waals surface area contributed by atoms with Gasteiger partial charge >= 0.3 is 0 Å². The first-order valence-electron chi connectivity index (χ1n) is 7.36. The number of carbonyl (C=O) groups excluding carboxylic acids is 1. The molecule has 2 aliphatic rings. The van der Waals surface area contributed by atoms with Gasteiger partial charge in [-0.3, -0.25) is 9.69 Å². The molecule has 0 saturated carbocycles. The topological polar surface area (TPSA) is 49.8 Å². The number of rotatable bonds is 4. The second-order valence-corrected chi connectivity index (χ2v) is 5.67. The number of aliphatic hydroxyl groups excluding tert-OH is 1. The molecule has 3 rings (SSSR count). The van der Waals surface area contributed by atoms with Crippen molar-refractivity contribution in [2.24, 2.45) is 0 Å². The lowest BCUT2D eigenvalue weighted by Gasteiger charge is -2.31. The van der Waals surface area contributed by atoms with Gasteiger partial charge in [0, 0.05) is 18.7 Å². The molecule has 1 aliphatic carbocycles. The SMILES string of the molecule is O=C(CN1CCOC(CO)C1)c1ccc2c(c1)CCC2. The molecule has 1 atom stereocenters. The van der Waals surface area contributed by atoms with E-state index in [2.05, 4.69) is 17.0 Å². The van der Waals surface area contributed by atoms with Crippen LogP contribution < -0.4 is 0 Å². The van der Waals surface area contributed by atoms with Gasteiger partial charge in [0.15, 0.2) is 5.78 Å². The van der Waals surface area contributed by atoms with E-state index < -0.39 is 0 Å². The van der Waals surface area contributed by atoms with Crippen molar-refractivity contribution in [3.05, 3.63) is 34.9 Å². The third-order valence-corrected chi connectivity index (χ3v) is 4.21. The number of aryl methyl sites for hydroxylation is 2. The molecule has 1 N–H and O–H groups in total. The van der Waals surface area contributed by atoms with Gasteiger partial charge in [0.25, 0.3) is 0 Å². The average molecular weight is 275 g/mol. The van der Waals surface area contributed by atoms with Crippen molar-refractivity contribution in [3.8, 4) is 0 Å². The Bertz CT molecular complexity index is 500. The fourth-order valence-electron chi connectivity index (χ4n) is 3.07. The van der Waals surface area contributed by atoms with Crippen molar-refractivity contribution < 1.29 is 14.6 Å². The van der Waals surface area contributed by atoms with Gasteiger partial charge in [0.1, 0.15) is 0 Å². The van der Waals surface area contributed by atoms with E-state index in [1.165, 1.54) is 17.5 Å². The maximum absolute atomic E-state index is 12.4. The average Bonchev–Trinajstić information content (AvgIpc) is 2.94. The molecular formula is C16H21NO3. The lowest BCUT2D eigenvalue weighted by Crippen LogP contribution is -2.45. The van der Waals surface area contributed by atoms with E-state index in [0.717, 1.165) is 24.9 Å². The highest BCUT2D eigenvalue weighted by molar-refractivity contribution is 5.97. The predicted molar refractivity (Wildman–Crippen MR) is 76.1 cm³/mol. The van der Waals surface area contributed by atoms with Crippen molar-refractivity contribution in [2.45, 2.75) is 25.4 Å². The van der Waals surface area contributed by atoms with Crippen LogP contribution in [0.4, 0.5) is 0 Å². The first kappa shape index (κ1) is 13.7. The van der Waals surface area contributed by atoms with Gasteiger partial charge in [-0.2, -0.15) is 0 Å². The number of hydrogen-bond donors (Lipinski definition) is 1. The van der Waals surface area contributed by atoms with Crippen LogP contribution in [0.15, 0.2) is 18.2 Å². The fourth-order valence-corrected chi connectivity index (χ4v) is 3.07. The van der Waals surface area contributed by atoms with Crippen LogP contribution in [0.1, 0.15) is 27.9 Å². The van der Waals surface area contributed by atoms with Crippen LogP contribution in [0.3, 0.4) is 0 Å². The van der Waals surface area contributed by atoms with Crippen LogP contribution in [0.2, 0.25) is 0 Å². The van der Waals surface area contributed by atoms with Gasteiger partial charge in [0.2, 0.25) is 0 Å². The standard InChI is InChI=1S/C16H21NO3/c18-11-15-9-17(6-7-20-15)10-16(19)14-5-4-12-2-1-3-13(12)8-14/h4-5,8,15,18H,1-3,6-7,9-11H2. The van der Waals surface area contributed by atoms with Crippen molar-refractivity contribution in [1.82, 2.24) is 4.90 Å². The maximum atomic E-state index is 12.4. The molecule has 20 heavy (non-hydrogen) atoms. The molecule has 0 aromatic heterocycles. The number of fused-ring (bicyclic) bond motifs is 1. The molecule has 0 spiro atoms. The minimum Gasteiger partial charge on any atom is -0.394 e. The maximum Gasteiger partial charge on any atom is 0.176 e. The molecule has 108 valence electrons. The number of hydrogen-bond acceptors (Lipinski definition) is 4. The third-order valence-electron chi connectivity index (χ3n) is 4.21. The monoisotopic (exact) mass is 275 g/mol. The van der Waals surface area contributed by atoms with Crippen molar-refractivity contribution in [1.29, 1.82) is 0 Å². The Hall–Kier alpha value is -1.23. The Morgan fingerprint density at radius 3 is 3.05 bits per heavy atom. The van der Waals surface area contributed by atoms with Gasteiger partial charge in [-0.15, -0.1) is 0 Å². The van der Waals surface area contributed by atoms with Crippen molar-refractivity contribution in [2.75, 3.05) is 32.8 Å². The van der Waals surface area contributed by atoms with Crippen molar-refractivity contribution >= 4 is 5.78 Å². The van der Waals surface area contributed by atoms with Crippen LogP contribution >= 0.6 is 0 Å². The van der Waals surface area contributed by atoms with Crippen LogP contribution in [-0.4, -0.2) is 54.7 Å². The lowest BCUT2D eigenvalue weighted by molar-refractivity contribution is -0.0503. The number of aliphatic hydroxyl groups is 1. The highest BCUT2D eigenvalue weighted by Gasteiger charge is 2.22. The van der Waals surface area contributed by atoms with E-state index in [9.17, 15) is 4.79 Å². The third kappa shape index (κ3) is 2.92. The summed E-state index contributed by atoms with van der Waals surface area (Å²) in [5.74, 6) is 0.165. The molecule has 1 aromatic carbocycles. The summed E-state index contributed by atoms with van der Waals surface area (Å²) in [4.78, 5) is 14.4. The zero-order valence-electron chi connectivity index (χ0n) is 11.7. The minimum atomic E-state index is -0.156. The quantitative estimate of drug-likeness (QED) is 0.835. The fraction of sp³-hybridized carbons (Fsp3) is 0.562. The minimum absolute atomic E-state index is 0.0174. The Labute approximate surface area is 119 Å². The highest BCUT2D eigenvalue weighted by atomic mass is 16.5. The summed E-state index contributed by atoms with van der Waals surface area (Å²) >= 11 is 0. The summed E-state index contributed by atoms with van der Waals surface area (Å²) in [5.41, 5.74) is 3.55. The number of carbonyl (C=O) groups is 1. The summed E-state index contributed by atoms with van der Waals surface area (Å²) in [5, 5.41) is 9.13. The Morgan fingerprint density at radius 1 is 1.35 bits per heavy atom. The van der Waals surface area contributed by atoms with E-state index in [4.69, 9.17) is 9.84 Å². The normalized spacial score (nSPS) is 22.8. The molecule has 0 radical (unpaired) electrons. The van der Waals surface area contributed by atoms with Gasteiger partial charge in [0.05, 0.1) is 25.9 Å². The smallest absolute Gasteiger partial charge is 0.176 e. The molecule has 1 aliphatic heterocycles. The first-order chi connectivity index (χ1) is 9.76. The molecule has 4 nitrogen and oxygen atoms in total. The number of Topliss-reactive ketones (excluding diaryl/α,β-unsaturated/α-hetero) is 1. The summed E-state index contributed by atoms with van der Waals surface area (Å²) in [7, 11) is 0. The molecule has 0 bridgehead atoms. The zero-order valence-corrected chi connectivity index (χ0v) is 11.7. The predicted octanol–water partition coefficient (Wildman–Crippen LogP) is 1.05. The summed E-state index contributed by atoms with van der Waals surface area (Å²) < 4.78 is 5.40. The van der Waals surface area contributed by atoms with E-state index in [1.54, 1.807) is 0 Å². The number of ether oxygens (including phenoxy) is 1. The molecule has 1 unspecified atom stereocenters. The molecule has 1 fully saturated rings. The molecule has 4 heteroatoms. The first-order valence-corrected chi connectivity index (χ1v) is 7.36. The largest absolute Gasteiger partial charge is 0.394 e. The number of morpholine rings is 1. The van der Waals surface area contributed by atoms with E-state index >= 15 is 0 Å². The summed E-state index contributed by atoms with van der Waals surface area (Å²) in [6.45, 7) is 2.41. The number of ketones is 1. The summed E-state index contributed by atoms with van der Waals surface area (Å²) in [6, 6.07) is 6.12. The van der Waals surface area contributed by atoms with Gasteiger partial charge in [-0.05, 0) is 36.5 Å². The lowest BCUT2D eigenvalue weighted by atomic mass is 10.0. The second-order valence-electron chi connectivity index (χ2n) is 5.67. The van der Waals surface area contributed by atoms with E-state index in [1.807, 2.05) is 6.07 Å². The van der Waals surface area contributed by atoms with Crippen LogP contribution in [0.5, 0.6) is 0 Å². The number of nitrogens with zero attached hydrogens (tertiary/aromatic N) is 1. The van der Waals surface area contributed by atoms with Crippen LogP contribution in [0, 0.1) is 0 Å². The molecule has 1 saturated heterocycles. The van der Waals surface area contributed by atoms with Gasteiger partial charge in [-0.1, -0.05) is 12.1 Å². The van der Waals surface area contributed by atoms with Crippen LogP contribution in [-0.2, 0) is 17.6 Å². The zero-order chi connectivity index (χ0) is 13.9. The Kier molecular flexibility index (Phi) is 4.15. The molecular weight excluding hydrogens is 254 g/mol. The highest BCUT2D eigenvalue weighted by Crippen LogP contribution is 2.23. The van der Waals surface area contributed by atoms with E-state index in [-0.39, 0.29) is 18.5 Å². The summed E-state index contributed by atoms with van der Waals surface area (Å²) in [6.07, 6.45) is 3.29. The molecule has 1 aromatic rings. The Morgan fingerprint density at radius 2 is 2.20 bits per heavy atom.